The van der Waals surface area contributed by atoms with E-state index in [1.165, 1.54) is 0 Å². The number of aromatic amines is 2. The van der Waals surface area contributed by atoms with Gasteiger partial charge in [0.1, 0.15) is 17.2 Å². The number of H-pyrrole nitrogens is 2. The Balaban J connectivity index is 1.60. The number of ether oxygens (including phenoxy) is 1. The quantitative estimate of drug-likeness (QED) is 0.515. The lowest BCUT2D eigenvalue weighted by atomic mass is 10.3. The Morgan fingerprint density at radius 3 is 2.76 bits per heavy atom. The molecular formula is C18H18N6O. The molecule has 0 radical (unpaired) electrons. The second-order valence-corrected chi connectivity index (χ2v) is 5.69. The molecule has 126 valence electrons. The topological polar surface area (TPSA) is 91.5 Å². The summed E-state index contributed by atoms with van der Waals surface area (Å²) in [6.07, 6.45) is 3.48. The molecule has 0 bridgehead atoms. The molecule has 0 spiro atoms. The molecule has 3 aromatic heterocycles. The third kappa shape index (κ3) is 3.16. The minimum absolute atomic E-state index is 0.695. The summed E-state index contributed by atoms with van der Waals surface area (Å²) in [6.45, 7) is 4.80. The number of benzene rings is 1. The van der Waals surface area contributed by atoms with Crippen LogP contribution in [0.5, 0.6) is 11.5 Å². The fourth-order valence-electron chi connectivity index (χ4n) is 2.58. The third-order valence-corrected chi connectivity index (χ3v) is 3.71. The first-order valence-corrected chi connectivity index (χ1v) is 8.11. The lowest BCUT2D eigenvalue weighted by molar-refractivity contribution is 0.483. The van der Waals surface area contributed by atoms with Crippen molar-refractivity contribution in [3.63, 3.8) is 0 Å². The van der Waals surface area contributed by atoms with Gasteiger partial charge in [-0.3, -0.25) is 4.98 Å². The van der Waals surface area contributed by atoms with Crippen LogP contribution in [0.25, 0.3) is 22.6 Å². The Kier molecular flexibility index (Phi) is 3.81. The SMILES string of the molecule is CCNc1nc2cc(Oc3ccnc(-c4ncc(C)[nH]4)c3)ccc2[nH]1. The molecule has 0 aliphatic carbocycles. The molecule has 0 fully saturated rings. The minimum Gasteiger partial charge on any atom is -0.457 e. The molecule has 3 N–H and O–H groups in total. The van der Waals surface area contributed by atoms with Crippen LogP contribution in [0, 0.1) is 6.92 Å². The van der Waals surface area contributed by atoms with Gasteiger partial charge < -0.3 is 20.0 Å². The first-order chi connectivity index (χ1) is 12.2. The fraction of sp³-hybridized carbons (Fsp3) is 0.167. The van der Waals surface area contributed by atoms with Gasteiger partial charge >= 0.3 is 0 Å². The molecule has 3 heterocycles. The maximum atomic E-state index is 5.97. The van der Waals surface area contributed by atoms with Gasteiger partial charge in [-0.05, 0) is 32.0 Å². The number of nitrogens with zero attached hydrogens (tertiary/aromatic N) is 3. The van der Waals surface area contributed by atoms with Gasteiger partial charge in [-0.1, -0.05) is 0 Å². The molecule has 0 aliphatic rings. The molecule has 25 heavy (non-hydrogen) atoms. The molecule has 7 heteroatoms. The van der Waals surface area contributed by atoms with Crippen LogP contribution >= 0.6 is 0 Å². The van der Waals surface area contributed by atoms with Crippen molar-refractivity contribution in [1.82, 2.24) is 24.9 Å². The van der Waals surface area contributed by atoms with E-state index in [1.54, 1.807) is 12.4 Å². The number of fused-ring (bicyclic) bond motifs is 1. The summed E-state index contributed by atoms with van der Waals surface area (Å²) in [6, 6.07) is 9.45. The highest BCUT2D eigenvalue weighted by Crippen LogP contribution is 2.27. The van der Waals surface area contributed by atoms with Crippen LogP contribution in [0.2, 0.25) is 0 Å². The van der Waals surface area contributed by atoms with Crippen molar-refractivity contribution in [2.24, 2.45) is 0 Å². The number of aromatic nitrogens is 5. The Hall–Kier alpha value is -3.35. The average Bonchev–Trinajstić information content (AvgIpc) is 3.21. The smallest absolute Gasteiger partial charge is 0.201 e. The fourth-order valence-corrected chi connectivity index (χ4v) is 2.58. The van der Waals surface area contributed by atoms with Crippen LogP contribution in [0.15, 0.2) is 42.7 Å². The van der Waals surface area contributed by atoms with E-state index in [4.69, 9.17) is 4.74 Å². The van der Waals surface area contributed by atoms with E-state index in [1.807, 2.05) is 44.2 Å². The Bertz CT molecular complexity index is 1020. The summed E-state index contributed by atoms with van der Waals surface area (Å²) >= 11 is 0. The number of imidazole rings is 2. The van der Waals surface area contributed by atoms with Crippen molar-refractivity contribution in [1.29, 1.82) is 0 Å². The van der Waals surface area contributed by atoms with Crippen molar-refractivity contribution in [3.05, 3.63) is 48.4 Å². The molecule has 0 amide bonds. The number of rotatable bonds is 5. The normalized spacial score (nSPS) is 11.0. The predicted molar refractivity (Wildman–Crippen MR) is 96.9 cm³/mol. The number of pyridine rings is 1. The molecule has 0 aliphatic heterocycles. The van der Waals surface area contributed by atoms with Gasteiger partial charge in [0.2, 0.25) is 5.95 Å². The lowest BCUT2D eigenvalue weighted by Crippen LogP contribution is -1.97. The standard InChI is InChI=1S/C18H18N6O/c1-3-19-18-23-14-5-4-12(8-15(14)24-18)25-13-6-7-20-16(9-13)17-21-10-11(2)22-17/h4-10H,3H2,1-2H3,(H,21,22)(H2,19,23,24). The average molecular weight is 334 g/mol. The van der Waals surface area contributed by atoms with E-state index in [2.05, 4.69) is 30.2 Å². The molecule has 0 saturated heterocycles. The zero-order valence-corrected chi connectivity index (χ0v) is 14.0. The van der Waals surface area contributed by atoms with Gasteiger partial charge in [0.15, 0.2) is 5.82 Å². The van der Waals surface area contributed by atoms with E-state index in [9.17, 15) is 0 Å². The lowest BCUT2D eigenvalue weighted by Gasteiger charge is -2.06. The maximum absolute atomic E-state index is 5.97. The molecule has 1 aromatic carbocycles. The van der Waals surface area contributed by atoms with E-state index >= 15 is 0 Å². The summed E-state index contributed by atoms with van der Waals surface area (Å²) in [5, 5.41) is 3.17. The number of hydrogen-bond donors (Lipinski definition) is 3. The van der Waals surface area contributed by atoms with Crippen molar-refractivity contribution in [3.8, 4) is 23.0 Å². The van der Waals surface area contributed by atoms with E-state index in [-0.39, 0.29) is 0 Å². The van der Waals surface area contributed by atoms with Gasteiger partial charge in [0.05, 0.1) is 11.0 Å². The molecule has 0 unspecified atom stereocenters. The number of hydrogen-bond acceptors (Lipinski definition) is 5. The highest BCUT2D eigenvalue weighted by molar-refractivity contribution is 5.79. The second-order valence-electron chi connectivity index (χ2n) is 5.69. The van der Waals surface area contributed by atoms with Crippen molar-refractivity contribution >= 4 is 17.0 Å². The van der Waals surface area contributed by atoms with Crippen LogP contribution in [0.3, 0.4) is 0 Å². The van der Waals surface area contributed by atoms with Crippen LogP contribution in [0.4, 0.5) is 5.95 Å². The Morgan fingerprint density at radius 2 is 1.96 bits per heavy atom. The Morgan fingerprint density at radius 1 is 1.08 bits per heavy atom. The van der Waals surface area contributed by atoms with Gasteiger partial charge in [-0.15, -0.1) is 0 Å². The zero-order chi connectivity index (χ0) is 17.2. The molecular weight excluding hydrogens is 316 g/mol. The Labute approximate surface area is 144 Å². The van der Waals surface area contributed by atoms with Crippen molar-refractivity contribution < 1.29 is 4.74 Å². The van der Waals surface area contributed by atoms with Crippen molar-refractivity contribution in [2.75, 3.05) is 11.9 Å². The van der Waals surface area contributed by atoms with E-state index < -0.39 is 0 Å². The summed E-state index contributed by atoms with van der Waals surface area (Å²) in [5.74, 6) is 2.89. The zero-order valence-electron chi connectivity index (χ0n) is 14.0. The monoisotopic (exact) mass is 334 g/mol. The van der Waals surface area contributed by atoms with Gasteiger partial charge in [-0.25, -0.2) is 9.97 Å². The summed E-state index contributed by atoms with van der Waals surface area (Å²) in [7, 11) is 0. The summed E-state index contributed by atoms with van der Waals surface area (Å²) in [4.78, 5) is 19.5. The summed E-state index contributed by atoms with van der Waals surface area (Å²) in [5.41, 5.74) is 3.54. The van der Waals surface area contributed by atoms with Crippen LogP contribution in [0.1, 0.15) is 12.6 Å². The second kappa shape index (κ2) is 6.27. The molecule has 7 nitrogen and oxygen atoms in total. The number of nitrogens with one attached hydrogen (secondary N) is 3. The molecule has 4 aromatic rings. The van der Waals surface area contributed by atoms with Crippen LogP contribution in [-0.4, -0.2) is 31.5 Å². The van der Waals surface area contributed by atoms with Gasteiger partial charge in [-0.2, -0.15) is 0 Å². The minimum atomic E-state index is 0.695. The first-order valence-electron chi connectivity index (χ1n) is 8.11. The predicted octanol–water partition coefficient (Wildman–Crippen LogP) is 3.88. The van der Waals surface area contributed by atoms with E-state index in [0.29, 0.717) is 5.75 Å². The third-order valence-electron chi connectivity index (χ3n) is 3.71. The number of anilines is 1. The molecule has 0 saturated carbocycles. The highest BCUT2D eigenvalue weighted by Gasteiger charge is 2.07. The van der Waals surface area contributed by atoms with Crippen molar-refractivity contribution in [2.45, 2.75) is 13.8 Å². The van der Waals surface area contributed by atoms with Crippen LogP contribution < -0.4 is 10.1 Å². The van der Waals surface area contributed by atoms with Crippen LogP contribution in [-0.2, 0) is 0 Å². The van der Waals surface area contributed by atoms with E-state index in [0.717, 1.165) is 46.5 Å². The first kappa shape index (κ1) is 15.2. The largest absolute Gasteiger partial charge is 0.457 e. The summed E-state index contributed by atoms with van der Waals surface area (Å²) < 4.78 is 5.97. The van der Waals surface area contributed by atoms with Gasteiger partial charge in [0, 0.05) is 36.8 Å². The number of aryl methyl sites for hydroxylation is 1. The van der Waals surface area contributed by atoms with Gasteiger partial charge in [0.25, 0.3) is 0 Å². The highest BCUT2D eigenvalue weighted by atomic mass is 16.5. The molecule has 4 rings (SSSR count). The molecule has 0 atom stereocenters. The maximum Gasteiger partial charge on any atom is 0.201 e.